The van der Waals surface area contributed by atoms with E-state index >= 15 is 0 Å². The maximum absolute atomic E-state index is 10.2. The molecule has 0 aromatic heterocycles. The first-order valence-electron chi connectivity index (χ1n) is 3.44. The standard InChI is InChI=1S/C7H6O2.Cl2HNO2S/c8-7(9)6-4-2-1-3-5-6;1-3(2)6(4)5/h1-5H,(H,8,9);(H,4,5)/p-1. The Bertz CT molecular complexity index is 333. The van der Waals surface area contributed by atoms with E-state index in [1.165, 1.54) is 0 Å². The van der Waals surface area contributed by atoms with Gasteiger partial charge < -0.3 is 9.66 Å². The molecule has 0 saturated carbocycles. The molecule has 0 aliphatic carbocycles. The summed E-state index contributed by atoms with van der Waals surface area (Å²) in [5.74, 6) is -0.879. The van der Waals surface area contributed by atoms with Crippen molar-refractivity contribution in [2.45, 2.75) is 0 Å². The molecule has 1 rings (SSSR count). The summed E-state index contributed by atoms with van der Waals surface area (Å²) in [6, 6.07) is 8.30. The van der Waals surface area contributed by atoms with Gasteiger partial charge in [-0.15, -0.1) is 0 Å². The number of rotatable bonds is 2. The average molecular weight is 271 g/mol. The third-order valence-electron chi connectivity index (χ3n) is 1.13. The van der Waals surface area contributed by atoms with E-state index in [0.29, 0.717) is 5.56 Å². The van der Waals surface area contributed by atoms with Gasteiger partial charge in [0.05, 0.1) is 16.8 Å². The van der Waals surface area contributed by atoms with Crippen molar-refractivity contribution in [3.8, 4) is 0 Å². The van der Waals surface area contributed by atoms with Crippen molar-refractivity contribution in [1.29, 1.82) is 0 Å². The normalized spacial score (nSPS) is 11.5. The molecule has 1 N–H and O–H groups in total. The van der Waals surface area contributed by atoms with Gasteiger partial charge in [-0.25, -0.2) is 4.79 Å². The minimum atomic E-state index is -2.50. The van der Waals surface area contributed by atoms with Crippen molar-refractivity contribution in [3.05, 3.63) is 35.9 Å². The highest BCUT2D eigenvalue weighted by atomic mass is 35.5. The topological polar surface area (TPSA) is 80.7 Å². The molecule has 0 aliphatic rings. The Morgan fingerprint density at radius 2 is 1.73 bits per heavy atom. The molecule has 1 atom stereocenters. The Morgan fingerprint density at radius 3 is 1.93 bits per heavy atom. The second-order valence-electron chi connectivity index (χ2n) is 2.09. The number of nitrogens with zero attached hydrogens (tertiary/aromatic N) is 1. The Morgan fingerprint density at radius 1 is 1.33 bits per heavy atom. The lowest BCUT2D eigenvalue weighted by molar-refractivity contribution is 0.0697. The van der Waals surface area contributed by atoms with Crippen molar-refractivity contribution in [3.63, 3.8) is 0 Å². The molecule has 0 aliphatic heterocycles. The highest BCUT2D eigenvalue weighted by Crippen LogP contribution is 1.98. The van der Waals surface area contributed by atoms with E-state index in [1.54, 1.807) is 30.3 Å². The van der Waals surface area contributed by atoms with Gasteiger partial charge >= 0.3 is 5.97 Å². The maximum Gasteiger partial charge on any atom is 0.335 e. The number of hydrogen-bond donors (Lipinski definition) is 1. The molecule has 1 aromatic carbocycles. The second kappa shape index (κ2) is 7.61. The molecule has 84 valence electrons. The Kier molecular flexibility index (Phi) is 7.27. The van der Waals surface area contributed by atoms with E-state index in [-0.39, 0.29) is 3.34 Å². The molecule has 15 heavy (non-hydrogen) atoms. The van der Waals surface area contributed by atoms with Crippen molar-refractivity contribution in [2.75, 3.05) is 0 Å². The smallest absolute Gasteiger partial charge is 0.335 e. The van der Waals surface area contributed by atoms with Crippen LogP contribution >= 0.6 is 23.6 Å². The van der Waals surface area contributed by atoms with Crippen molar-refractivity contribution < 1.29 is 18.7 Å². The van der Waals surface area contributed by atoms with Gasteiger partial charge in [0, 0.05) is 23.6 Å². The van der Waals surface area contributed by atoms with Crippen LogP contribution in [0.3, 0.4) is 0 Å². The van der Waals surface area contributed by atoms with Crippen LogP contribution in [0.15, 0.2) is 30.3 Å². The third-order valence-corrected chi connectivity index (χ3v) is 2.03. The fourth-order valence-electron chi connectivity index (χ4n) is 0.581. The van der Waals surface area contributed by atoms with E-state index in [2.05, 4.69) is 23.6 Å². The number of benzene rings is 1. The van der Waals surface area contributed by atoms with Crippen LogP contribution in [0, 0.1) is 0 Å². The van der Waals surface area contributed by atoms with Gasteiger partial charge in [0.2, 0.25) is 0 Å². The lowest BCUT2D eigenvalue weighted by atomic mass is 10.2. The lowest BCUT2D eigenvalue weighted by Gasteiger charge is -2.03. The zero-order valence-electron chi connectivity index (χ0n) is 7.17. The summed E-state index contributed by atoms with van der Waals surface area (Å²) in [7, 11) is 0. The van der Waals surface area contributed by atoms with Gasteiger partial charge in [0.15, 0.2) is 0 Å². The van der Waals surface area contributed by atoms with Crippen LogP contribution < -0.4 is 0 Å². The fourth-order valence-corrected chi connectivity index (χ4v) is 0.581. The quantitative estimate of drug-likeness (QED) is 0.656. The highest BCUT2D eigenvalue weighted by Gasteiger charge is 1.96. The number of aromatic carboxylic acids is 1. The van der Waals surface area contributed by atoms with E-state index in [0.717, 1.165) is 0 Å². The molecule has 1 unspecified atom stereocenters. The fraction of sp³-hybridized carbons (Fsp3) is 0. The van der Waals surface area contributed by atoms with Crippen LogP contribution in [0.5, 0.6) is 0 Å². The first kappa shape index (κ1) is 14.3. The van der Waals surface area contributed by atoms with E-state index in [4.69, 9.17) is 5.11 Å². The molecule has 0 heterocycles. The largest absolute Gasteiger partial charge is 0.758 e. The van der Waals surface area contributed by atoms with Crippen molar-refractivity contribution in [1.82, 2.24) is 3.34 Å². The molecule has 0 fully saturated rings. The molecule has 5 nitrogen and oxygen atoms in total. The van der Waals surface area contributed by atoms with Gasteiger partial charge in [0.1, 0.15) is 0 Å². The molecule has 1 aromatic rings. The summed E-state index contributed by atoms with van der Waals surface area (Å²) in [5.41, 5.74) is 0.331. The Labute approximate surface area is 98.9 Å². The second-order valence-corrected chi connectivity index (χ2v) is 4.14. The average Bonchev–Trinajstić information content (AvgIpc) is 2.20. The van der Waals surface area contributed by atoms with Crippen LogP contribution in [0.25, 0.3) is 0 Å². The molecule has 0 saturated heterocycles. The van der Waals surface area contributed by atoms with Crippen LogP contribution in [0.4, 0.5) is 0 Å². The zero-order chi connectivity index (χ0) is 11.8. The minimum Gasteiger partial charge on any atom is -0.758 e. The van der Waals surface area contributed by atoms with Crippen LogP contribution in [0.1, 0.15) is 10.4 Å². The van der Waals surface area contributed by atoms with E-state index in [1.807, 2.05) is 0 Å². The molecule has 0 amide bonds. The minimum absolute atomic E-state index is 0.0278. The van der Waals surface area contributed by atoms with Gasteiger partial charge in [-0.05, 0) is 12.1 Å². The number of carboxylic acids is 1. The lowest BCUT2D eigenvalue weighted by Crippen LogP contribution is -1.99. The summed E-state index contributed by atoms with van der Waals surface area (Å²) in [6.45, 7) is 0. The van der Waals surface area contributed by atoms with Crippen LogP contribution in [0.2, 0.25) is 0 Å². The monoisotopic (exact) mass is 270 g/mol. The third kappa shape index (κ3) is 7.29. The predicted molar refractivity (Wildman–Crippen MR) is 55.9 cm³/mol. The first-order valence-corrected chi connectivity index (χ1v) is 5.15. The summed E-state index contributed by atoms with van der Waals surface area (Å²) in [6.07, 6.45) is 0. The predicted octanol–water partition coefficient (Wildman–Crippen LogP) is 1.77. The number of carboxylic acid groups (broad SMARTS) is 1. The van der Waals surface area contributed by atoms with Crippen LogP contribution in [-0.4, -0.2) is 23.2 Å². The Balaban J connectivity index is 0.000000288. The van der Waals surface area contributed by atoms with E-state index in [9.17, 15) is 13.6 Å². The first-order chi connectivity index (χ1) is 6.95. The van der Waals surface area contributed by atoms with Crippen LogP contribution in [-0.2, 0) is 11.3 Å². The van der Waals surface area contributed by atoms with Gasteiger partial charge in [0.25, 0.3) is 0 Å². The molecular formula is C7H6Cl2NO4S-. The molecule has 0 radical (unpaired) electrons. The maximum atomic E-state index is 10.2. The molecule has 8 heteroatoms. The number of hydrogen-bond acceptors (Lipinski definition) is 3. The Hall–Kier alpha value is -0.660. The molecule has 0 bridgehead atoms. The zero-order valence-corrected chi connectivity index (χ0v) is 9.50. The van der Waals surface area contributed by atoms with Gasteiger partial charge in [-0.3, -0.25) is 4.21 Å². The molecule has 0 spiro atoms. The molecular weight excluding hydrogens is 265 g/mol. The van der Waals surface area contributed by atoms with Crippen molar-refractivity contribution in [2.24, 2.45) is 0 Å². The summed E-state index contributed by atoms with van der Waals surface area (Å²) in [4.78, 5) is 10.2. The number of carbonyl (C=O) groups is 1. The van der Waals surface area contributed by atoms with E-state index < -0.39 is 17.2 Å². The highest BCUT2D eigenvalue weighted by molar-refractivity contribution is 7.78. The SMILES string of the molecule is O=C(O)c1ccccc1.O=S([O-])N(Cl)Cl. The van der Waals surface area contributed by atoms with Crippen molar-refractivity contribution >= 4 is 40.8 Å². The number of halogens is 2. The van der Waals surface area contributed by atoms with Gasteiger partial charge in [-0.1, -0.05) is 21.5 Å². The summed E-state index contributed by atoms with van der Waals surface area (Å²) in [5, 5.41) is 8.38. The van der Waals surface area contributed by atoms with Gasteiger partial charge in [-0.2, -0.15) is 0 Å². The summed E-state index contributed by atoms with van der Waals surface area (Å²) < 4.78 is 18.8. The summed E-state index contributed by atoms with van der Waals surface area (Å²) >= 11 is 6.69.